The molecule has 1 aliphatic heterocycles. The van der Waals surface area contributed by atoms with Crippen LogP contribution >= 0.6 is 11.6 Å². The summed E-state index contributed by atoms with van der Waals surface area (Å²) in [6, 6.07) is 10.5. The first-order valence-electron chi connectivity index (χ1n) is 13.6. The first-order valence-corrected chi connectivity index (χ1v) is 14.0. The van der Waals surface area contributed by atoms with Gasteiger partial charge in [0.25, 0.3) is 0 Å². The van der Waals surface area contributed by atoms with Crippen molar-refractivity contribution in [2.24, 2.45) is 11.3 Å². The number of hydrogen-bond donors (Lipinski definition) is 2. The van der Waals surface area contributed by atoms with Gasteiger partial charge in [0.1, 0.15) is 29.9 Å². The van der Waals surface area contributed by atoms with Crippen LogP contribution in [0, 0.1) is 22.9 Å². The topological polar surface area (TPSA) is 117 Å². The van der Waals surface area contributed by atoms with Gasteiger partial charge in [-0.2, -0.15) is 0 Å². The molecule has 13 heteroatoms. The second-order valence-corrected chi connectivity index (χ2v) is 10.7. The minimum absolute atomic E-state index is 0.00180. The van der Waals surface area contributed by atoms with E-state index in [9.17, 15) is 9.18 Å². The Morgan fingerprint density at radius 1 is 1.09 bits per heavy atom. The standard InChI is InChI=1S/C28H26ClF3N6O3.C2H6/c1-28(2)14-40-13-23(28)38-24(36-37-26(38)27(39)35-33)9-16-8-21(32)18(11-20(16)31)22-4-3-5-25(34-22)41-12-15-6-7-17(29)10-19(15)30;1-2/h3-8,10-11,23H,9,12-14,33H2,1-2H3,(H,35,39);1-2H3. The molecule has 43 heavy (non-hydrogen) atoms. The highest BCUT2D eigenvalue weighted by molar-refractivity contribution is 6.30. The summed E-state index contributed by atoms with van der Waals surface area (Å²) in [4.78, 5) is 16.7. The van der Waals surface area contributed by atoms with Crippen LogP contribution in [0.2, 0.25) is 5.02 Å². The number of carbonyl (C=O) groups is 1. The number of halogens is 4. The van der Waals surface area contributed by atoms with Crippen molar-refractivity contribution in [3.8, 4) is 17.1 Å². The molecule has 0 bridgehead atoms. The number of hydrazine groups is 1. The van der Waals surface area contributed by atoms with E-state index in [4.69, 9.17) is 26.9 Å². The monoisotopic (exact) mass is 616 g/mol. The fourth-order valence-corrected chi connectivity index (χ4v) is 4.86. The van der Waals surface area contributed by atoms with Crippen molar-refractivity contribution in [2.45, 2.75) is 46.8 Å². The quantitative estimate of drug-likeness (QED) is 0.146. The van der Waals surface area contributed by atoms with Gasteiger partial charge in [0.05, 0.1) is 24.9 Å². The number of pyridine rings is 1. The van der Waals surface area contributed by atoms with Crippen LogP contribution in [-0.4, -0.2) is 38.9 Å². The molecule has 2 aromatic carbocycles. The lowest BCUT2D eigenvalue weighted by Gasteiger charge is -2.27. The van der Waals surface area contributed by atoms with Gasteiger partial charge in [-0.1, -0.05) is 51.4 Å². The summed E-state index contributed by atoms with van der Waals surface area (Å²) >= 11 is 5.78. The summed E-state index contributed by atoms with van der Waals surface area (Å²) in [5.74, 6) is 2.99. The first-order chi connectivity index (χ1) is 20.6. The number of aromatic nitrogens is 4. The van der Waals surface area contributed by atoms with Crippen molar-refractivity contribution in [1.82, 2.24) is 25.2 Å². The largest absolute Gasteiger partial charge is 0.473 e. The Hall–Kier alpha value is -4.00. The molecule has 9 nitrogen and oxygen atoms in total. The van der Waals surface area contributed by atoms with Crippen LogP contribution in [0.25, 0.3) is 11.3 Å². The molecule has 0 aliphatic carbocycles. The minimum atomic E-state index is -0.731. The SMILES string of the molecule is CC.CC1(C)COCC1n1c(Cc2cc(F)c(-c3cccc(OCc4ccc(Cl)cc4F)n3)cc2F)nnc1C(=O)NN. The van der Waals surface area contributed by atoms with E-state index < -0.39 is 23.4 Å². The van der Waals surface area contributed by atoms with E-state index in [1.165, 1.54) is 30.3 Å². The molecule has 1 fully saturated rings. The summed E-state index contributed by atoms with van der Waals surface area (Å²) in [6.45, 7) is 8.51. The normalized spacial score (nSPS) is 15.5. The Kier molecular flexibility index (Phi) is 10.0. The van der Waals surface area contributed by atoms with E-state index in [1.54, 1.807) is 10.6 Å². The lowest BCUT2D eigenvalue weighted by molar-refractivity contribution is 0.0932. The predicted molar refractivity (Wildman–Crippen MR) is 155 cm³/mol. The summed E-state index contributed by atoms with van der Waals surface area (Å²) in [5, 5.41) is 8.32. The number of ether oxygens (including phenoxy) is 2. The van der Waals surface area contributed by atoms with Gasteiger partial charge in [-0.3, -0.25) is 10.2 Å². The van der Waals surface area contributed by atoms with Crippen LogP contribution in [0.15, 0.2) is 48.5 Å². The third kappa shape index (κ3) is 6.98. The van der Waals surface area contributed by atoms with E-state index >= 15 is 8.78 Å². The van der Waals surface area contributed by atoms with Crippen molar-refractivity contribution in [3.63, 3.8) is 0 Å². The van der Waals surface area contributed by atoms with Crippen LogP contribution in [-0.2, 0) is 17.8 Å². The van der Waals surface area contributed by atoms with Crippen LogP contribution < -0.4 is 16.0 Å². The molecule has 1 unspecified atom stereocenters. The Morgan fingerprint density at radius 3 is 2.51 bits per heavy atom. The second kappa shape index (κ2) is 13.5. The fraction of sp³-hybridized carbons (Fsp3) is 0.333. The number of amides is 1. The fourth-order valence-electron chi connectivity index (χ4n) is 4.70. The lowest BCUT2D eigenvalue weighted by atomic mass is 9.87. The summed E-state index contributed by atoms with van der Waals surface area (Å²) in [5.41, 5.74) is 1.95. The molecule has 4 aromatic rings. The molecule has 1 saturated heterocycles. The predicted octanol–water partition coefficient (Wildman–Crippen LogP) is 5.81. The molecule has 2 aromatic heterocycles. The zero-order chi connectivity index (χ0) is 31.3. The maximum Gasteiger partial charge on any atom is 0.303 e. The molecule has 228 valence electrons. The molecule has 0 radical (unpaired) electrons. The van der Waals surface area contributed by atoms with E-state index in [0.717, 1.165) is 12.1 Å². The number of nitrogens with zero attached hydrogens (tertiary/aromatic N) is 4. The minimum Gasteiger partial charge on any atom is -0.473 e. The molecule has 1 amide bonds. The molecular formula is C30H32ClF3N6O3. The molecule has 3 heterocycles. The van der Waals surface area contributed by atoms with Crippen LogP contribution in [0.3, 0.4) is 0 Å². The van der Waals surface area contributed by atoms with Crippen LogP contribution in [0.4, 0.5) is 13.2 Å². The number of hydrogen-bond acceptors (Lipinski definition) is 7. The summed E-state index contributed by atoms with van der Waals surface area (Å²) < 4.78 is 57.6. The highest BCUT2D eigenvalue weighted by atomic mass is 35.5. The van der Waals surface area contributed by atoms with Crippen molar-refractivity contribution >= 4 is 17.5 Å². The lowest BCUT2D eigenvalue weighted by Crippen LogP contribution is -2.36. The van der Waals surface area contributed by atoms with Gasteiger partial charge in [0.15, 0.2) is 0 Å². The smallest absolute Gasteiger partial charge is 0.303 e. The molecule has 1 aliphatic rings. The summed E-state index contributed by atoms with van der Waals surface area (Å²) in [7, 11) is 0. The van der Waals surface area contributed by atoms with E-state index in [2.05, 4.69) is 15.2 Å². The van der Waals surface area contributed by atoms with Crippen molar-refractivity contribution in [2.75, 3.05) is 13.2 Å². The number of nitrogen functional groups attached to an aromatic ring is 1. The van der Waals surface area contributed by atoms with Gasteiger partial charge in [-0.15, -0.1) is 10.2 Å². The second-order valence-electron chi connectivity index (χ2n) is 10.3. The van der Waals surface area contributed by atoms with E-state index in [-0.39, 0.29) is 76.0 Å². The highest BCUT2D eigenvalue weighted by Gasteiger charge is 2.40. The molecule has 1 atom stereocenters. The van der Waals surface area contributed by atoms with Crippen LogP contribution in [0.5, 0.6) is 5.88 Å². The maximum atomic E-state index is 15.4. The van der Waals surface area contributed by atoms with Crippen LogP contribution in [0.1, 0.15) is 61.3 Å². The Balaban J connectivity index is 0.00000207. The third-order valence-corrected chi connectivity index (χ3v) is 7.17. The zero-order valence-corrected chi connectivity index (χ0v) is 24.9. The Bertz CT molecular complexity index is 1610. The maximum absolute atomic E-state index is 15.4. The van der Waals surface area contributed by atoms with Crippen molar-refractivity contribution in [3.05, 3.63) is 93.8 Å². The molecule has 0 saturated carbocycles. The van der Waals surface area contributed by atoms with Gasteiger partial charge in [-0.05, 0) is 35.9 Å². The van der Waals surface area contributed by atoms with Gasteiger partial charge in [0, 0.05) is 34.1 Å². The number of benzene rings is 2. The average Bonchev–Trinajstić information content (AvgIpc) is 3.56. The van der Waals surface area contributed by atoms with Gasteiger partial charge < -0.3 is 14.0 Å². The average molecular weight is 617 g/mol. The van der Waals surface area contributed by atoms with Gasteiger partial charge in [0.2, 0.25) is 11.7 Å². The highest BCUT2D eigenvalue weighted by Crippen LogP contribution is 2.39. The molecule has 0 spiro atoms. The number of rotatable bonds is 8. The molecular weight excluding hydrogens is 585 g/mol. The van der Waals surface area contributed by atoms with Gasteiger partial charge >= 0.3 is 5.91 Å². The van der Waals surface area contributed by atoms with E-state index in [1.807, 2.05) is 33.1 Å². The van der Waals surface area contributed by atoms with E-state index in [0.29, 0.717) is 6.61 Å². The van der Waals surface area contributed by atoms with Gasteiger partial charge in [-0.25, -0.2) is 24.0 Å². The number of carbonyl (C=O) groups excluding carboxylic acids is 1. The number of nitrogens with one attached hydrogen (secondary N) is 1. The molecule has 3 N–H and O–H groups in total. The first kappa shape index (κ1) is 31.9. The van der Waals surface area contributed by atoms with Crippen molar-refractivity contribution in [1.29, 1.82) is 0 Å². The molecule has 5 rings (SSSR count). The zero-order valence-electron chi connectivity index (χ0n) is 24.1. The number of nitrogens with two attached hydrogens (primary N) is 1. The summed E-state index contributed by atoms with van der Waals surface area (Å²) in [6.07, 6.45) is -0.149. The van der Waals surface area contributed by atoms with Crippen molar-refractivity contribution < 1.29 is 27.4 Å². The third-order valence-electron chi connectivity index (χ3n) is 6.94. The Morgan fingerprint density at radius 2 is 1.84 bits per heavy atom. The Labute approximate surface area is 252 Å².